The molecule has 0 saturated heterocycles. The highest BCUT2D eigenvalue weighted by Crippen LogP contribution is 2.33. The third-order valence-corrected chi connectivity index (χ3v) is 3.99. The lowest BCUT2D eigenvalue weighted by atomic mass is 9.95. The van der Waals surface area contributed by atoms with Gasteiger partial charge in [0.05, 0.1) is 17.9 Å². The first-order chi connectivity index (χ1) is 9.77. The first-order valence-electron chi connectivity index (χ1n) is 7.13. The van der Waals surface area contributed by atoms with E-state index in [9.17, 15) is 9.90 Å². The second-order valence-corrected chi connectivity index (χ2v) is 5.31. The largest absolute Gasteiger partial charge is 0.478 e. The highest BCUT2D eigenvalue weighted by molar-refractivity contribution is 5.94. The number of aromatic carboxylic acids is 1. The molecule has 1 aromatic heterocycles. The molecule has 1 aliphatic carbocycles. The zero-order chi connectivity index (χ0) is 13.9. The number of rotatable bonds is 3. The van der Waals surface area contributed by atoms with Gasteiger partial charge in [-0.3, -0.25) is 4.68 Å². The average Bonchev–Trinajstić information content (AvgIpc) is 2.94. The van der Waals surface area contributed by atoms with Crippen molar-refractivity contribution in [3.05, 3.63) is 42.1 Å². The Morgan fingerprint density at radius 1 is 1.15 bits per heavy atom. The molecule has 3 rings (SSSR count). The van der Waals surface area contributed by atoms with Crippen LogP contribution >= 0.6 is 0 Å². The maximum atomic E-state index is 11.4. The quantitative estimate of drug-likeness (QED) is 0.924. The Morgan fingerprint density at radius 3 is 2.50 bits per heavy atom. The molecule has 1 saturated carbocycles. The third-order valence-electron chi connectivity index (χ3n) is 3.99. The van der Waals surface area contributed by atoms with E-state index in [1.165, 1.54) is 25.5 Å². The van der Waals surface area contributed by atoms with Gasteiger partial charge in [0.2, 0.25) is 0 Å². The molecule has 0 spiro atoms. The summed E-state index contributed by atoms with van der Waals surface area (Å²) in [5.74, 6) is -0.911. The highest BCUT2D eigenvalue weighted by atomic mass is 16.4. The Labute approximate surface area is 118 Å². The average molecular weight is 270 g/mol. The minimum absolute atomic E-state index is 0.293. The Hall–Kier alpha value is -2.10. The minimum atomic E-state index is -0.911. The fourth-order valence-electron chi connectivity index (χ4n) is 3.00. The minimum Gasteiger partial charge on any atom is -0.478 e. The van der Waals surface area contributed by atoms with Crippen LogP contribution in [-0.4, -0.2) is 20.9 Å². The van der Waals surface area contributed by atoms with E-state index in [-0.39, 0.29) is 0 Å². The number of benzene rings is 1. The summed E-state index contributed by atoms with van der Waals surface area (Å²) in [7, 11) is 0. The van der Waals surface area contributed by atoms with Gasteiger partial charge in [-0.05, 0) is 12.8 Å². The second kappa shape index (κ2) is 5.49. The predicted molar refractivity (Wildman–Crippen MR) is 76.7 cm³/mol. The Balaban J connectivity index is 2.08. The SMILES string of the molecule is O=C(O)c1cnn(C2CCCCC2)c1-c1ccccc1. The molecular weight excluding hydrogens is 252 g/mol. The molecule has 0 bridgehead atoms. The fraction of sp³-hybridized carbons (Fsp3) is 0.375. The van der Waals surface area contributed by atoms with Crippen LogP contribution in [0.3, 0.4) is 0 Å². The number of nitrogens with zero attached hydrogens (tertiary/aromatic N) is 2. The van der Waals surface area contributed by atoms with E-state index >= 15 is 0 Å². The van der Waals surface area contributed by atoms with Crippen molar-refractivity contribution >= 4 is 5.97 Å². The van der Waals surface area contributed by atoms with Crippen LogP contribution in [0.25, 0.3) is 11.3 Å². The van der Waals surface area contributed by atoms with Crippen molar-refractivity contribution in [3.63, 3.8) is 0 Å². The van der Waals surface area contributed by atoms with Crippen molar-refractivity contribution in [3.8, 4) is 11.3 Å². The van der Waals surface area contributed by atoms with Crippen molar-refractivity contribution in [2.75, 3.05) is 0 Å². The van der Waals surface area contributed by atoms with Crippen molar-refractivity contribution in [2.24, 2.45) is 0 Å². The molecule has 1 heterocycles. The molecular formula is C16H18N2O2. The molecule has 1 aliphatic rings. The van der Waals surface area contributed by atoms with Crippen LogP contribution < -0.4 is 0 Å². The summed E-state index contributed by atoms with van der Waals surface area (Å²) in [6, 6.07) is 10.0. The molecule has 1 N–H and O–H groups in total. The number of carboxylic acids is 1. The zero-order valence-electron chi connectivity index (χ0n) is 11.3. The van der Waals surface area contributed by atoms with Crippen molar-refractivity contribution in [1.82, 2.24) is 9.78 Å². The van der Waals surface area contributed by atoms with Crippen LogP contribution in [0, 0.1) is 0 Å². The Kier molecular flexibility index (Phi) is 3.54. The fourth-order valence-corrected chi connectivity index (χ4v) is 3.00. The van der Waals surface area contributed by atoms with Crippen molar-refractivity contribution in [2.45, 2.75) is 38.1 Å². The monoisotopic (exact) mass is 270 g/mol. The highest BCUT2D eigenvalue weighted by Gasteiger charge is 2.24. The summed E-state index contributed by atoms with van der Waals surface area (Å²) in [5, 5.41) is 13.8. The number of hydrogen-bond acceptors (Lipinski definition) is 2. The first-order valence-corrected chi connectivity index (χ1v) is 7.13. The van der Waals surface area contributed by atoms with Crippen LogP contribution in [0.4, 0.5) is 0 Å². The second-order valence-electron chi connectivity index (χ2n) is 5.31. The van der Waals surface area contributed by atoms with E-state index in [0.29, 0.717) is 11.6 Å². The van der Waals surface area contributed by atoms with Crippen LogP contribution in [0.5, 0.6) is 0 Å². The van der Waals surface area contributed by atoms with Crippen molar-refractivity contribution < 1.29 is 9.90 Å². The van der Waals surface area contributed by atoms with Crippen LogP contribution in [0.15, 0.2) is 36.5 Å². The van der Waals surface area contributed by atoms with E-state index in [1.54, 1.807) is 0 Å². The summed E-state index contributed by atoms with van der Waals surface area (Å²) < 4.78 is 1.93. The van der Waals surface area contributed by atoms with Crippen molar-refractivity contribution in [1.29, 1.82) is 0 Å². The summed E-state index contributed by atoms with van der Waals surface area (Å²) in [4.78, 5) is 11.4. The molecule has 4 nitrogen and oxygen atoms in total. The van der Waals surface area contributed by atoms with E-state index in [0.717, 1.165) is 24.1 Å². The number of aromatic nitrogens is 2. The lowest BCUT2D eigenvalue weighted by Gasteiger charge is -2.24. The molecule has 2 aromatic rings. The van der Waals surface area contributed by atoms with Crippen LogP contribution in [0.2, 0.25) is 0 Å². The molecule has 4 heteroatoms. The number of hydrogen-bond donors (Lipinski definition) is 1. The maximum Gasteiger partial charge on any atom is 0.339 e. The smallest absolute Gasteiger partial charge is 0.339 e. The topological polar surface area (TPSA) is 55.1 Å². The van der Waals surface area contributed by atoms with Gasteiger partial charge >= 0.3 is 5.97 Å². The molecule has 1 fully saturated rings. The van der Waals surface area contributed by atoms with E-state index in [2.05, 4.69) is 5.10 Å². The van der Waals surface area contributed by atoms with Gasteiger partial charge in [-0.2, -0.15) is 5.10 Å². The molecule has 0 unspecified atom stereocenters. The molecule has 20 heavy (non-hydrogen) atoms. The molecule has 0 radical (unpaired) electrons. The lowest BCUT2D eigenvalue weighted by molar-refractivity contribution is 0.0697. The number of carboxylic acid groups (broad SMARTS) is 1. The van der Waals surface area contributed by atoms with Gasteiger partial charge in [-0.15, -0.1) is 0 Å². The summed E-state index contributed by atoms with van der Waals surface area (Å²) in [5.41, 5.74) is 1.96. The normalized spacial score (nSPS) is 16.2. The number of carbonyl (C=O) groups is 1. The maximum absolute atomic E-state index is 11.4. The predicted octanol–water partition coefficient (Wildman–Crippen LogP) is 3.75. The molecule has 1 aromatic carbocycles. The van der Waals surface area contributed by atoms with Gasteiger partial charge in [0.1, 0.15) is 5.56 Å². The molecule has 0 amide bonds. The van der Waals surface area contributed by atoms with Crippen LogP contribution in [-0.2, 0) is 0 Å². The lowest BCUT2D eigenvalue weighted by Crippen LogP contribution is -2.15. The summed E-state index contributed by atoms with van der Waals surface area (Å²) >= 11 is 0. The molecule has 104 valence electrons. The van der Waals surface area contributed by atoms with Gasteiger partial charge in [0, 0.05) is 5.56 Å². The Bertz CT molecular complexity index is 598. The van der Waals surface area contributed by atoms with Gasteiger partial charge in [-0.1, -0.05) is 49.6 Å². The van der Waals surface area contributed by atoms with E-state index < -0.39 is 5.97 Å². The van der Waals surface area contributed by atoms with Gasteiger partial charge in [-0.25, -0.2) is 4.79 Å². The van der Waals surface area contributed by atoms with Gasteiger partial charge in [0.15, 0.2) is 0 Å². The van der Waals surface area contributed by atoms with Gasteiger partial charge < -0.3 is 5.11 Å². The zero-order valence-corrected chi connectivity index (χ0v) is 11.3. The standard InChI is InChI=1S/C16H18N2O2/c19-16(20)14-11-17-18(13-9-5-2-6-10-13)15(14)12-7-3-1-4-8-12/h1,3-4,7-8,11,13H,2,5-6,9-10H2,(H,19,20). The van der Waals surface area contributed by atoms with E-state index in [4.69, 9.17) is 0 Å². The Morgan fingerprint density at radius 2 is 1.85 bits per heavy atom. The van der Waals surface area contributed by atoms with E-state index in [1.807, 2.05) is 35.0 Å². The van der Waals surface area contributed by atoms with Gasteiger partial charge in [0.25, 0.3) is 0 Å². The van der Waals surface area contributed by atoms with Crippen LogP contribution in [0.1, 0.15) is 48.5 Å². The summed E-state index contributed by atoms with van der Waals surface area (Å²) in [6.07, 6.45) is 7.31. The first kappa shape index (κ1) is 12.9. The molecule has 0 aliphatic heterocycles. The summed E-state index contributed by atoms with van der Waals surface area (Å²) in [6.45, 7) is 0. The third kappa shape index (κ3) is 2.33. The molecule has 0 atom stereocenters.